The predicted molar refractivity (Wildman–Crippen MR) is 48.0 cm³/mol. The molecular formula is C7H5N4O2P. The molecule has 0 saturated carbocycles. The Bertz CT molecular complexity index is 547. The maximum atomic E-state index is 9.97. The molecule has 70 valence electrons. The summed E-state index contributed by atoms with van der Waals surface area (Å²) >= 11 is 0. The van der Waals surface area contributed by atoms with E-state index in [9.17, 15) is 4.57 Å². The maximum absolute atomic E-state index is 9.97. The van der Waals surface area contributed by atoms with Crippen molar-refractivity contribution in [3.8, 4) is 5.81 Å². The van der Waals surface area contributed by atoms with Crippen LogP contribution in [-0.4, -0.2) is 19.9 Å². The number of fused-ring (bicyclic) bond motifs is 1. The molecule has 0 aliphatic heterocycles. The van der Waals surface area contributed by atoms with Gasteiger partial charge in [-0.3, -0.25) is 0 Å². The first kappa shape index (κ1) is 9.09. The normalized spacial score (nSPS) is 10.0. The molecule has 0 fully saturated rings. The van der Waals surface area contributed by atoms with E-state index in [0.717, 1.165) is 5.52 Å². The number of imidazole rings is 1. The van der Waals surface area contributed by atoms with E-state index in [1.807, 2.05) is 0 Å². The van der Waals surface area contributed by atoms with Gasteiger partial charge in [0.05, 0.1) is 0 Å². The Morgan fingerprint density at radius 2 is 2.50 bits per heavy atom. The Kier molecular flexibility index (Phi) is 2.70. The van der Waals surface area contributed by atoms with Crippen molar-refractivity contribution in [1.82, 2.24) is 19.9 Å². The van der Waals surface area contributed by atoms with Crippen molar-refractivity contribution >= 4 is 19.1 Å². The van der Waals surface area contributed by atoms with Crippen molar-refractivity contribution in [1.29, 1.82) is 0 Å². The minimum absolute atomic E-state index is 0.137. The molecule has 0 aromatic carbocycles. The quantitative estimate of drug-likeness (QED) is 0.746. The van der Waals surface area contributed by atoms with Gasteiger partial charge in [-0.15, -0.1) is 0 Å². The van der Waals surface area contributed by atoms with Crippen molar-refractivity contribution in [2.45, 2.75) is 6.61 Å². The van der Waals surface area contributed by atoms with Gasteiger partial charge in [-0.05, 0) is 0 Å². The fourth-order valence-corrected chi connectivity index (χ4v) is 1.08. The van der Waals surface area contributed by atoms with Crippen LogP contribution in [0, 0.1) is 5.81 Å². The van der Waals surface area contributed by atoms with Crippen LogP contribution in [0.4, 0.5) is 0 Å². The van der Waals surface area contributed by atoms with Crippen LogP contribution in [0.3, 0.4) is 0 Å². The molecule has 2 heterocycles. The first-order chi connectivity index (χ1) is 6.90. The minimum atomic E-state index is -0.288. The average molecular weight is 208 g/mol. The molecule has 2 aromatic rings. The van der Waals surface area contributed by atoms with Gasteiger partial charge >= 0.3 is 79.1 Å². The first-order valence-corrected chi connectivity index (χ1v) is 4.55. The number of rotatable bonds is 2. The van der Waals surface area contributed by atoms with Crippen LogP contribution in [0.1, 0.15) is 5.82 Å². The van der Waals surface area contributed by atoms with Crippen LogP contribution in [0.15, 0.2) is 12.5 Å². The van der Waals surface area contributed by atoms with Crippen LogP contribution in [-0.2, 0) is 15.9 Å². The summed E-state index contributed by atoms with van der Waals surface area (Å²) in [5, 5.41) is 0. The van der Waals surface area contributed by atoms with E-state index in [0.29, 0.717) is 11.5 Å². The van der Waals surface area contributed by atoms with E-state index < -0.39 is 0 Å². The molecule has 0 bridgehead atoms. The zero-order chi connectivity index (χ0) is 9.80. The molecule has 1 N–H and O–H groups in total. The molecule has 0 unspecified atom stereocenters. The van der Waals surface area contributed by atoms with E-state index in [2.05, 4.69) is 25.7 Å². The monoisotopic (exact) mass is 208 g/mol. The number of aromatic nitrogens is 4. The van der Waals surface area contributed by atoms with Gasteiger partial charge in [0, 0.05) is 0 Å². The second-order valence-corrected chi connectivity index (χ2v) is 2.76. The number of nitrogens with zero attached hydrogens (tertiary/aromatic N) is 3. The second-order valence-electron chi connectivity index (χ2n) is 2.40. The van der Waals surface area contributed by atoms with E-state index in [4.69, 9.17) is 4.74 Å². The number of H-pyrrole nitrogens is 1. The van der Waals surface area contributed by atoms with Crippen LogP contribution in [0.25, 0.3) is 11.2 Å². The molecule has 2 rings (SSSR count). The molecule has 6 nitrogen and oxygen atoms in total. The van der Waals surface area contributed by atoms with Crippen molar-refractivity contribution in [2.24, 2.45) is 0 Å². The summed E-state index contributed by atoms with van der Waals surface area (Å²) in [6.07, 6.45) is 3.15. The van der Waals surface area contributed by atoms with Gasteiger partial charge in [0.2, 0.25) is 0 Å². The van der Waals surface area contributed by atoms with Crippen molar-refractivity contribution in [3.05, 3.63) is 18.3 Å². The summed E-state index contributed by atoms with van der Waals surface area (Å²) in [6, 6.07) is 0. The van der Waals surface area contributed by atoms with Crippen molar-refractivity contribution in [3.63, 3.8) is 0 Å². The third-order valence-electron chi connectivity index (χ3n) is 1.53. The molecule has 0 radical (unpaired) electrons. The zero-order valence-corrected chi connectivity index (χ0v) is 7.86. The Balaban J connectivity index is 2.24. The Hall–Kier alpha value is -1.48. The molecule has 2 aromatic heterocycles. The summed E-state index contributed by atoms with van der Waals surface area (Å²) in [4.78, 5) is 14.9. The van der Waals surface area contributed by atoms with E-state index in [1.165, 1.54) is 0 Å². The van der Waals surface area contributed by atoms with Gasteiger partial charge in [0.1, 0.15) is 0 Å². The summed E-state index contributed by atoms with van der Waals surface area (Å²) < 4.78 is 14.7. The van der Waals surface area contributed by atoms with E-state index >= 15 is 0 Å². The van der Waals surface area contributed by atoms with E-state index in [-0.39, 0.29) is 14.5 Å². The number of hydrogen-bond donors (Lipinski definition) is 1. The Labute approximate surface area is 79.9 Å². The molecule has 0 aliphatic rings. The molecular weight excluding hydrogens is 203 g/mol. The topological polar surface area (TPSA) is 80.8 Å². The Morgan fingerprint density at radius 3 is 3.36 bits per heavy atom. The molecule has 0 atom stereocenters. The molecule has 0 spiro atoms. The molecule has 14 heavy (non-hydrogen) atoms. The third kappa shape index (κ3) is 1.88. The van der Waals surface area contributed by atoms with E-state index in [1.54, 1.807) is 12.5 Å². The van der Waals surface area contributed by atoms with Crippen LogP contribution < -0.4 is 0 Å². The number of ether oxygens (including phenoxy) is 1. The average Bonchev–Trinajstić information content (AvgIpc) is 2.65. The second kappa shape index (κ2) is 4.15. The standard InChI is InChI=1S/C7H5N4O2P/c12-14-4-13-2-6-8-1-5-7(11-6)10-3-9-5/h1,3H,2H2,(H,8,9,10,11). The summed E-state index contributed by atoms with van der Waals surface area (Å²) in [7, 11) is -0.288. The SMILES string of the molecule is O=P#COCc1ncc2[nH]cnc2n1. The van der Waals surface area contributed by atoms with Gasteiger partial charge in [-0.2, -0.15) is 0 Å². The summed E-state index contributed by atoms with van der Waals surface area (Å²) in [6.45, 7) is 0.137. The molecule has 7 heteroatoms. The summed E-state index contributed by atoms with van der Waals surface area (Å²) in [5.41, 5.74) is 1.35. The van der Waals surface area contributed by atoms with Crippen molar-refractivity contribution < 1.29 is 9.30 Å². The zero-order valence-electron chi connectivity index (χ0n) is 6.97. The molecule has 0 aliphatic carbocycles. The molecule has 0 amide bonds. The third-order valence-corrected chi connectivity index (χ3v) is 1.73. The van der Waals surface area contributed by atoms with Crippen molar-refractivity contribution in [2.75, 3.05) is 0 Å². The summed E-state index contributed by atoms with van der Waals surface area (Å²) in [5.74, 6) is 2.62. The number of hydrogen-bond acceptors (Lipinski definition) is 5. The number of nitrogens with one attached hydrogen (secondary N) is 1. The van der Waals surface area contributed by atoms with Gasteiger partial charge in [0.25, 0.3) is 0 Å². The first-order valence-electron chi connectivity index (χ1n) is 3.74. The van der Waals surface area contributed by atoms with Gasteiger partial charge in [-0.1, -0.05) is 0 Å². The Morgan fingerprint density at radius 1 is 1.57 bits per heavy atom. The van der Waals surface area contributed by atoms with Gasteiger partial charge in [0.15, 0.2) is 0 Å². The predicted octanol–water partition coefficient (Wildman–Crippen LogP) is 1.08. The van der Waals surface area contributed by atoms with Gasteiger partial charge in [-0.25, -0.2) is 0 Å². The van der Waals surface area contributed by atoms with Gasteiger partial charge < -0.3 is 0 Å². The fourth-order valence-electron chi connectivity index (χ4n) is 0.964. The molecule has 0 saturated heterocycles. The van der Waals surface area contributed by atoms with Crippen LogP contribution in [0.2, 0.25) is 0 Å². The number of aromatic amines is 1. The van der Waals surface area contributed by atoms with Crippen LogP contribution >= 0.6 is 7.92 Å². The fraction of sp³-hybridized carbons (Fsp3) is 0.143. The van der Waals surface area contributed by atoms with Crippen LogP contribution in [0.5, 0.6) is 0 Å².